The van der Waals surface area contributed by atoms with E-state index in [1.807, 2.05) is 6.07 Å². The van der Waals surface area contributed by atoms with Gasteiger partial charge in [0.05, 0.1) is 5.52 Å². The maximum Gasteiger partial charge on any atom is 0.0711 e. The van der Waals surface area contributed by atoms with Crippen molar-refractivity contribution in [2.75, 3.05) is 11.9 Å². The summed E-state index contributed by atoms with van der Waals surface area (Å²) >= 11 is 0. The van der Waals surface area contributed by atoms with Crippen molar-refractivity contribution < 1.29 is 0 Å². The van der Waals surface area contributed by atoms with E-state index < -0.39 is 0 Å². The number of pyridine rings is 1. The van der Waals surface area contributed by atoms with Crippen LogP contribution in [-0.4, -0.2) is 11.5 Å². The van der Waals surface area contributed by atoms with E-state index in [1.54, 1.807) is 0 Å². The minimum Gasteiger partial charge on any atom is -0.385 e. The Labute approximate surface area is 113 Å². The summed E-state index contributed by atoms with van der Waals surface area (Å²) in [4.78, 5) is 4.70. The van der Waals surface area contributed by atoms with E-state index in [9.17, 15) is 0 Å². The number of fused-ring (bicyclic) bond motifs is 3. The molecule has 0 amide bonds. The Balaban J connectivity index is 2.23. The number of benzene rings is 2. The number of para-hydroxylation sites is 1. The lowest BCUT2D eigenvalue weighted by molar-refractivity contribution is 0.980. The van der Waals surface area contributed by atoms with E-state index in [4.69, 9.17) is 4.98 Å². The third-order valence-corrected chi connectivity index (χ3v) is 3.47. The smallest absolute Gasteiger partial charge is 0.0711 e. The van der Waals surface area contributed by atoms with Crippen molar-refractivity contribution in [2.24, 2.45) is 0 Å². The van der Waals surface area contributed by atoms with Crippen molar-refractivity contribution in [3.05, 3.63) is 48.2 Å². The Hall–Kier alpha value is -2.09. The van der Waals surface area contributed by atoms with Crippen LogP contribution < -0.4 is 5.32 Å². The van der Waals surface area contributed by atoms with Crippen LogP contribution in [0, 0.1) is 6.92 Å². The maximum atomic E-state index is 4.70. The number of nitrogens with zero attached hydrogens (tertiary/aromatic N) is 1. The first kappa shape index (κ1) is 12.0. The van der Waals surface area contributed by atoms with Gasteiger partial charge in [-0.25, -0.2) is 0 Å². The van der Waals surface area contributed by atoms with Gasteiger partial charge in [0.1, 0.15) is 0 Å². The molecule has 0 saturated carbocycles. The van der Waals surface area contributed by atoms with Gasteiger partial charge in [0.2, 0.25) is 0 Å². The molecule has 0 radical (unpaired) electrons. The molecule has 0 aliphatic carbocycles. The minimum absolute atomic E-state index is 1.01. The molecule has 0 saturated heterocycles. The molecule has 0 bridgehead atoms. The van der Waals surface area contributed by atoms with Crippen LogP contribution in [0.2, 0.25) is 0 Å². The molecule has 96 valence electrons. The van der Waals surface area contributed by atoms with Crippen LogP contribution in [0.25, 0.3) is 21.7 Å². The largest absolute Gasteiger partial charge is 0.385 e. The normalized spacial score (nSPS) is 11.1. The van der Waals surface area contributed by atoms with Crippen molar-refractivity contribution in [1.29, 1.82) is 0 Å². The topological polar surface area (TPSA) is 24.9 Å². The zero-order chi connectivity index (χ0) is 13.2. The first-order valence-electron chi connectivity index (χ1n) is 6.82. The number of aryl methyl sites for hydroxylation is 1. The van der Waals surface area contributed by atoms with Gasteiger partial charge < -0.3 is 5.32 Å². The van der Waals surface area contributed by atoms with Gasteiger partial charge in [-0.3, -0.25) is 4.98 Å². The molecule has 0 aliphatic rings. The summed E-state index contributed by atoms with van der Waals surface area (Å²) < 4.78 is 0. The van der Waals surface area contributed by atoms with Crippen LogP contribution in [-0.2, 0) is 0 Å². The van der Waals surface area contributed by atoms with Gasteiger partial charge in [-0.1, -0.05) is 31.2 Å². The van der Waals surface area contributed by atoms with Crippen LogP contribution in [0.1, 0.15) is 19.0 Å². The molecule has 1 N–H and O–H groups in total. The standard InChI is InChI=1S/C17H18N2/c1-3-10-18-13-8-9-14-15-6-4-5-7-17(15)19-12(2)16(14)11-13/h4-9,11,18H,3,10H2,1-2H3. The summed E-state index contributed by atoms with van der Waals surface area (Å²) in [7, 11) is 0. The second kappa shape index (κ2) is 4.88. The summed E-state index contributed by atoms with van der Waals surface area (Å²) in [6.07, 6.45) is 1.13. The summed E-state index contributed by atoms with van der Waals surface area (Å²) in [5, 5.41) is 7.18. The number of hydrogen-bond donors (Lipinski definition) is 1. The summed E-state index contributed by atoms with van der Waals surface area (Å²) in [5.41, 5.74) is 3.34. The molecular weight excluding hydrogens is 232 g/mol. The fourth-order valence-electron chi connectivity index (χ4n) is 2.50. The summed E-state index contributed by atoms with van der Waals surface area (Å²) in [6.45, 7) is 5.26. The molecule has 2 heteroatoms. The monoisotopic (exact) mass is 250 g/mol. The molecule has 1 aromatic heterocycles. The Morgan fingerprint density at radius 3 is 2.68 bits per heavy atom. The summed E-state index contributed by atoms with van der Waals surface area (Å²) in [6, 6.07) is 14.9. The summed E-state index contributed by atoms with van der Waals surface area (Å²) in [5.74, 6) is 0. The number of hydrogen-bond acceptors (Lipinski definition) is 2. The van der Waals surface area contributed by atoms with Crippen LogP contribution >= 0.6 is 0 Å². The number of anilines is 1. The highest BCUT2D eigenvalue weighted by Gasteiger charge is 2.05. The SMILES string of the molecule is CCCNc1ccc2c(c1)c(C)nc1ccccc12. The third-order valence-electron chi connectivity index (χ3n) is 3.47. The Morgan fingerprint density at radius 2 is 1.84 bits per heavy atom. The van der Waals surface area contributed by atoms with Crippen LogP contribution in [0.15, 0.2) is 42.5 Å². The van der Waals surface area contributed by atoms with Crippen LogP contribution in [0.5, 0.6) is 0 Å². The fraction of sp³-hybridized carbons (Fsp3) is 0.235. The van der Waals surface area contributed by atoms with Crippen molar-refractivity contribution in [3.63, 3.8) is 0 Å². The average Bonchev–Trinajstić information content (AvgIpc) is 2.45. The fourth-order valence-corrected chi connectivity index (χ4v) is 2.50. The third kappa shape index (κ3) is 2.14. The number of aromatic nitrogens is 1. The van der Waals surface area contributed by atoms with Gasteiger partial charge in [0, 0.05) is 28.7 Å². The van der Waals surface area contributed by atoms with Gasteiger partial charge in [-0.05, 0) is 36.9 Å². The zero-order valence-corrected chi connectivity index (χ0v) is 11.4. The van der Waals surface area contributed by atoms with Gasteiger partial charge in [0.15, 0.2) is 0 Å². The van der Waals surface area contributed by atoms with E-state index in [0.29, 0.717) is 0 Å². The maximum absolute atomic E-state index is 4.70. The molecule has 1 heterocycles. The molecule has 2 aromatic carbocycles. The van der Waals surface area contributed by atoms with E-state index >= 15 is 0 Å². The van der Waals surface area contributed by atoms with Crippen LogP contribution in [0.4, 0.5) is 5.69 Å². The predicted molar refractivity (Wildman–Crippen MR) is 82.8 cm³/mol. The molecule has 0 atom stereocenters. The minimum atomic E-state index is 1.01. The van der Waals surface area contributed by atoms with E-state index in [0.717, 1.165) is 24.2 Å². The molecule has 2 nitrogen and oxygen atoms in total. The van der Waals surface area contributed by atoms with E-state index in [-0.39, 0.29) is 0 Å². The molecule has 0 unspecified atom stereocenters. The first-order chi connectivity index (χ1) is 9.29. The van der Waals surface area contributed by atoms with Crippen molar-refractivity contribution in [1.82, 2.24) is 4.98 Å². The van der Waals surface area contributed by atoms with E-state index in [1.165, 1.54) is 21.8 Å². The van der Waals surface area contributed by atoms with Crippen molar-refractivity contribution in [3.8, 4) is 0 Å². The van der Waals surface area contributed by atoms with Crippen LogP contribution in [0.3, 0.4) is 0 Å². The zero-order valence-electron chi connectivity index (χ0n) is 11.4. The van der Waals surface area contributed by atoms with Gasteiger partial charge in [-0.2, -0.15) is 0 Å². The first-order valence-corrected chi connectivity index (χ1v) is 6.82. The predicted octanol–water partition coefficient (Wildman–Crippen LogP) is 4.52. The Morgan fingerprint density at radius 1 is 1.00 bits per heavy atom. The molecular formula is C17H18N2. The molecule has 0 fully saturated rings. The van der Waals surface area contributed by atoms with Crippen molar-refractivity contribution >= 4 is 27.4 Å². The highest BCUT2D eigenvalue weighted by atomic mass is 14.9. The lowest BCUT2D eigenvalue weighted by atomic mass is 10.0. The molecule has 19 heavy (non-hydrogen) atoms. The average molecular weight is 250 g/mol. The lowest BCUT2D eigenvalue weighted by Crippen LogP contribution is -1.99. The number of rotatable bonds is 3. The highest BCUT2D eigenvalue weighted by Crippen LogP contribution is 2.28. The highest BCUT2D eigenvalue weighted by molar-refractivity contribution is 6.07. The second-order valence-electron chi connectivity index (χ2n) is 4.90. The molecule has 3 rings (SSSR count). The molecule has 0 aliphatic heterocycles. The van der Waals surface area contributed by atoms with Crippen molar-refractivity contribution in [2.45, 2.75) is 20.3 Å². The van der Waals surface area contributed by atoms with Gasteiger partial charge in [-0.15, -0.1) is 0 Å². The number of nitrogens with one attached hydrogen (secondary N) is 1. The van der Waals surface area contributed by atoms with Gasteiger partial charge in [0.25, 0.3) is 0 Å². The Kier molecular flexibility index (Phi) is 3.08. The lowest BCUT2D eigenvalue weighted by Gasteiger charge is -2.10. The van der Waals surface area contributed by atoms with E-state index in [2.05, 4.69) is 55.6 Å². The quantitative estimate of drug-likeness (QED) is 0.691. The second-order valence-corrected chi connectivity index (χ2v) is 4.90. The van der Waals surface area contributed by atoms with Gasteiger partial charge >= 0.3 is 0 Å². The molecule has 3 aromatic rings. The molecule has 0 spiro atoms. The Bertz CT molecular complexity index is 732.